The highest BCUT2D eigenvalue weighted by atomic mass is 16.1. The second-order valence-corrected chi connectivity index (χ2v) is 4.85. The molecule has 4 nitrogen and oxygen atoms in total. The molecular formula is C15H17N3O. The molecule has 2 rings (SSSR count). The van der Waals surface area contributed by atoms with Crippen LogP contribution in [0.2, 0.25) is 0 Å². The van der Waals surface area contributed by atoms with Crippen LogP contribution in [-0.4, -0.2) is 15.9 Å². The van der Waals surface area contributed by atoms with Gasteiger partial charge in [-0.25, -0.2) is 9.97 Å². The van der Waals surface area contributed by atoms with Crippen molar-refractivity contribution in [2.45, 2.75) is 20.3 Å². The van der Waals surface area contributed by atoms with Crippen molar-refractivity contribution >= 4 is 11.6 Å². The lowest BCUT2D eigenvalue weighted by Gasteiger charge is -2.08. The number of aromatic nitrogens is 2. The van der Waals surface area contributed by atoms with Crippen LogP contribution in [0.25, 0.3) is 11.1 Å². The van der Waals surface area contributed by atoms with Gasteiger partial charge in [0.05, 0.1) is 0 Å². The molecule has 0 saturated heterocycles. The van der Waals surface area contributed by atoms with Crippen LogP contribution in [0, 0.1) is 5.92 Å². The summed E-state index contributed by atoms with van der Waals surface area (Å²) < 4.78 is 0. The first-order valence-electron chi connectivity index (χ1n) is 6.30. The summed E-state index contributed by atoms with van der Waals surface area (Å²) >= 11 is 0. The topological polar surface area (TPSA) is 54.9 Å². The van der Waals surface area contributed by atoms with Gasteiger partial charge >= 0.3 is 0 Å². The predicted molar refractivity (Wildman–Crippen MR) is 75.6 cm³/mol. The van der Waals surface area contributed by atoms with E-state index >= 15 is 0 Å². The van der Waals surface area contributed by atoms with E-state index in [1.807, 2.05) is 38.1 Å². The molecule has 0 spiro atoms. The highest BCUT2D eigenvalue weighted by molar-refractivity contribution is 5.91. The number of hydrogen-bond donors (Lipinski definition) is 1. The fourth-order valence-corrected chi connectivity index (χ4v) is 1.78. The smallest absolute Gasteiger partial charge is 0.224 e. The van der Waals surface area contributed by atoms with E-state index in [0.717, 1.165) is 16.8 Å². The van der Waals surface area contributed by atoms with Gasteiger partial charge in [-0.15, -0.1) is 0 Å². The third-order valence-electron chi connectivity index (χ3n) is 2.66. The molecule has 0 aliphatic heterocycles. The van der Waals surface area contributed by atoms with Crippen LogP contribution in [0.3, 0.4) is 0 Å². The molecule has 0 radical (unpaired) electrons. The zero-order valence-electron chi connectivity index (χ0n) is 11.1. The van der Waals surface area contributed by atoms with Crippen molar-refractivity contribution in [1.29, 1.82) is 0 Å². The van der Waals surface area contributed by atoms with Gasteiger partial charge in [-0.3, -0.25) is 4.79 Å². The van der Waals surface area contributed by atoms with Crippen LogP contribution >= 0.6 is 0 Å². The molecule has 0 fully saturated rings. The number of nitrogens with one attached hydrogen (secondary N) is 1. The maximum Gasteiger partial charge on any atom is 0.224 e. The zero-order chi connectivity index (χ0) is 13.7. The van der Waals surface area contributed by atoms with Gasteiger partial charge in [-0.05, 0) is 23.6 Å². The summed E-state index contributed by atoms with van der Waals surface area (Å²) in [7, 11) is 0. The molecule has 98 valence electrons. The van der Waals surface area contributed by atoms with Crippen LogP contribution in [0.4, 0.5) is 5.69 Å². The normalized spacial score (nSPS) is 10.5. The van der Waals surface area contributed by atoms with E-state index in [1.165, 1.54) is 6.33 Å². The zero-order valence-corrected chi connectivity index (χ0v) is 11.1. The van der Waals surface area contributed by atoms with Crippen LogP contribution < -0.4 is 5.32 Å². The van der Waals surface area contributed by atoms with Crippen molar-refractivity contribution in [3.05, 3.63) is 43.0 Å². The minimum absolute atomic E-state index is 0.0470. The third-order valence-corrected chi connectivity index (χ3v) is 2.66. The number of anilines is 1. The summed E-state index contributed by atoms with van der Waals surface area (Å²) in [5.41, 5.74) is 2.80. The number of benzene rings is 1. The average Bonchev–Trinajstić information content (AvgIpc) is 2.39. The van der Waals surface area contributed by atoms with Gasteiger partial charge in [-0.2, -0.15) is 0 Å². The van der Waals surface area contributed by atoms with Crippen LogP contribution in [0.15, 0.2) is 43.0 Å². The lowest BCUT2D eigenvalue weighted by Crippen LogP contribution is -2.13. The fourth-order valence-electron chi connectivity index (χ4n) is 1.78. The number of carbonyl (C=O) groups excluding carboxylic acids is 1. The summed E-state index contributed by atoms with van der Waals surface area (Å²) in [5, 5.41) is 2.88. The third kappa shape index (κ3) is 3.88. The average molecular weight is 255 g/mol. The van der Waals surface area contributed by atoms with E-state index in [9.17, 15) is 4.79 Å². The first-order valence-corrected chi connectivity index (χ1v) is 6.30. The Morgan fingerprint density at radius 2 is 1.74 bits per heavy atom. The highest BCUT2D eigenvalue weighted by Gasteiger charge is 2.05. The number of nitrogens with zero attached hydrogens (tertiary/aromatic N) is 2. The Kier molecular flexibility index (Phi) is 4.23. The van der Waals surface area contributed by atoms with E-state index in [4.69, 9.17) is 0 Å². The van der Waals surface area contributed by atoms with Crippen molar-refractivity contribution in [2.24, 2.45) is 5.92 Å². The van der Waals surface area contributed by atoms with Gasteiger partial charge in [-0.1, -0.05) is 26.0 Å². The summed E-state index contributed by atoms with van der Waals surface area (Å²) in [5.74, 6) is 0.409. The maximum absolute atomic E-state index is 11.6. The van der Waals surface area contributed by atoms with E-state index in [2.05, 4.69) is 15.3 Å². The van der Waals surface area contributed by atoms with Crippen LogP contribution in [0.1, 0.15) is 20.3 Å². The van der Waals surface area contributed by atoms with Crippen molar-refractivity contribution in [2.75, 3.05) is 5.32 Å². The van der Waals surface area contributed by atoms with E-state index in [0.29, 0.717) is 12.3 Å². The molecule has 1 aromatic carbocycles. The lowest BCUT2D eigenvalue weighted by molar-refractivity contribution is -0.116. The molecule has 0 atom stereocenters. The number of carbonyl (C=O) groups is 1. The number of rotatable bonds is 4. The Morgan fingerprint density at radius 3 is 2.32 bits per heavy atom. The quantitative estimate of drug-likeness (QED) is 0.913. The summed E-state index contributed by atoms with van der Waals surface area (Å²) in [6.07, 6.45) is 5.57. The van der Waals surface area contributed by atoms with Crippen LogP contribution in [-0.2, 0) is 4.79 Å². The van der Waals surface area contributed by atoms with E-state index < -0.39 is 0 Å². The first kappa shape index (κ1) is 13.2. The van der Waals surface area contributed by atoms with Crippen molar-refractivity contribution in [3.63, 3.8) is 0 Å². The molecule has 0 bridgehead atoms. The second-order valence-electron chi connectivity index (χ2n) is 4.85. The number of amides is 1. The standard InChI is InChI=1S/C15H17N3O/c1-11(2)7-15(19)18-14-5-3-12(4-6-14)13-8-16-10-17-9-13/h3-6,8-11H,7H2,1-2H3,(H,18,19). The second kappa shape index (κ2) is 6.09. The summed E-state index contributed by atoms with van der Waals surface area (Å²) in [4.78, 5) is 19.6. The highest BCUT2D eigenvalue weighted by Crippen LogP contribution is 2.19. The molecule has 0 aliphatic rings. The maximum atomic E-state index is 11.6. The van der Waals surface area contributed by atoms with Gasteiger partial charge < -0.3 is 5.32 Å². The van der Waals surface area contributed by atoms with Gasteiger partial charge in [0.25, 0.3) is 0 Å². The Bertz CT molecular complexity index is 535. The van der Waals surface area contributed by atoms with Crippen molar-refractivity contribution in [3.8, 4) is 11.1 Å². The molecule has 1 N–H and O–H groups in total. The lowest BCUT2D eigenvalue weighted by atomic mass is 10.1. The van der Waals surface area contributed by atoms with Gasteiger partial charge in [0.1, 0.15) is 6.33 Å². The molecule has 0 unspecified atom stereocenters. The molecule has 2 aromatic rings. The Labute approximate surface area is 112 Å². The molecule has 0 saturated carbocycles. The largest absolute Gasteiger partial charge is 0.326 e. The van der Waals surface area contributed by atoms with E-state index in [-0.39, 0.29) is 5.91 Å². The number of hydrogen-bond acceptors (Lipinski definition) is 3. The Balaban J connectivity index is 2.05. The minimum Gasteiger partial charge on any atom is -0.326 e. The van der Waals surface area contributed by atoms with E-state index in [1.54, 1.807) is 12.4 Å². The fraction of sp³-hybridized carbons (Fsp3) is 0.267. The Morgan fingerprint density at radius 1 is 1.11 bits per heavy atom. The van der Waals surface area contributed by atoms with Crippen molar-refractivity contribution < 1.29 is 4.79 Å². The molecule has 1 amide bonds. The Hall–Kier alpha value is -2.23. The minimum atomic E-state index is 0.0470. The van der Waals surface area contributed by atoms with Gasteiger partial charge in [0.2, 0.25) is 5.91 Å². The van der Waals surface area contributed by atoms with Crippen LogP contribution in [0.5, 0.6) is 0 Å². The molecule has 1 heterocycles. The monoisotopic (exact) mass is 255 g/mol. The molecule has 19 heavy (non-hydrogen) atoms. The van der Waals surface area contributed by atoms with Gasteiger partial charge in [0, 0.05) is 30.1 Å². The molecule has 0 aliphatic carbocycles. The first-order chi connectivity index (χ1) is 9.15. The summed E-state index contributed by atoms with van der Waals surface area (Å²) in [6, 6.07) is 7.68. The molecule has 1 aromatic heterocycles. The van der Waals surface area contributed by atoms with Crippen molar-refractivity contribution in [1.82, 2.24) is 9.97 Å². The predicted octanol–water partition coefficient (Wildman–Crippen LogP) is 3.13. The molecule has 4 heteroatoms. The summed E-state index contributed by atoms with van der Waals surface area (Å²) in [6.45, 7) is 4.05. The molecular weight excluding hydrogens is 238 g/mol. The van der Waals surface area contributed by atoms with Gasteiger partial charge in [0.15, 0.2) is 0 Å². The SMILES string of the molecule is CC(C)CC(=O)Nc1ccc(-c2cncnc2)cc1.